The van der Waals surface area contributed by atoms with E-state index in [-0.39, 0.29) is 18.9 Å². The summed E-state index contributed by atoms with van der Waals surface area (Å²) in [5, 5.41) is 11.8. The fourth-order valence-electron chi connectivity index (χ4n) is 3.00. The standard InChI is InChI=1S/C16H21NO4/c1-11-8-16(12(11)2,9-14(18)19)17-15(20)21-10-13-6-4-3-5-7-13/h3-7,11-12H,8-10H2,1-2H3,(H,17,20)(H,18,19). The lowest BCUT2D eigenvalue weighted by atomic mass is 9.59. The predicted octanol–water partition coefficient (Wildman–Crippen LogP) is 2.80. The highest BCUT2D eigenvalue weighted by Gasteiger charge is 2.51. The predicted molar refractivity (Wildman–Crippen MR) is 77.7 cm³/mol. The minimum absolute atomic E-state index is 0.0705. The van der Waals surface area contributed by atoms with Gasteiger partial charge < -0.3 is 15.2 Å². The molecule has 5 nitrogen and oxygen atoms in total. The normalized spacial score (nSPS) is 27.5. The smallest absolute Gasteiger partial charge is 0.407 e. The van der Waals surface area contributed by atoms with Crippen molar-refractivity contribution >= 4 is 12.1 Å². The van der Waals surface area contributed by atoms with Crippen LogP contribution in [0.25, 0.3) is 0 Å². The third-order valence-corrected chi connectivity index (χ3v) is 4.44. The number of rotatable bonds is 5. The van der Waals surface area contributed by atoms with Crippen molar-refractivity contribution in [1.29, 1.82) is 0 Å². The molecule has 1 aliphatic rings. The van der Waals surface area contributed by atoms with Crippen LogP contribution in [-0.4, -0.2) is 22.7 Å². The molecule has 1 saturated carbocycles. The molecular formula is C16H21NO4. The number of carbonyl (C=O) groups excluding carboxylic acids is 1. The van der Waals surface area contributed by atoms with Gasteiger partial charge in [0.05, 0.1) is 12.0 Å². The molecule has 0 spiro atoms. The van der Waals surface area contributed by atoms with Gasteiger partial charge >= 0.3 is 12.1 Å². The maximum absolute atomic E-state index is 11.9. The largest absolute Gasteiger partial charge is 0.481 e. The molecule has 3 atom stereocenters. The zero-order chi connectivity index (χ0) is 15.5. The van der Waals surface area contributed by atoms with Gasteiger partial charge in [0.1, 0.15) is 6.61 Å². The number of ether oxygens (including phenoxy) is 1. The Balaban J connectivity index is 1.91. The summed E-state index contributed by atoms with van der Waals surface area (Å²) in [7, 11) is 0. The number of amides is 1. The van der Waals surface area contributed by atoms with Crippen molar-refractivity contribution in [1.82, 2.24) is 5.32 Å². The van der Waals surface area contributed by atoms with Crippen LogP contribution in [0.4, 0.5) is 4.79 Å². The molecule has 1 aliphatic carbocycles. The molecule has 3 unspecified atom stereocenters. The Morgan fingerprint density at radius 1 is 1.33 bits per heavy atom. The summed E-state index contributed by atoms with van der Waals surface area (Å²) in [5.41, 5.74) is 0.217. The van der Waals surface area contributed by atoms with Crippen molar-refractivity contribution < 1.29 is 19.4 Å². The molecule has 1 fully saturated rings. The van der Waals surface area contributed by atoms with Gasteiger partial charge in [-0.25, -0.2) is 4.79 Å². The van der Waals surface area contributed by atoms with E-state index in [9.17, 15) is 9.59 Å². The van der Waals surface area contributed by atoms with E-state index in [1.54, 1.807) is 0 Å². The molecule has 0 aromatic heterocycles. The third kappa shape index (κ3) is 3.54. The van der Waals surface area contributed by atoms with E-state index in [0.717, 1.165) is 5.56 Å². The average molecular weight is 291 g/mol. The lowest BCUT2D eigenvalue weighted by Gasteiger charge is -2.52. The highest BCUT2D eigenvalue weighted by molar-refractivity contribution is 5.73. The van der Waals surface area contributed by atoms with Gasteiger partial charge in [-0.15, -0.1) is 0 Å². The van der Waals surface area contributed by atoms with Crippen LogP contribution >= 0.6 is 0 Å². The molecule has 0 heterocycles. The van der Waals surface area contributed by atoms with Crippen molar-refractivity contribution in [2.24, 2.45) is 11.8 Å². The number of benzene rings is 1. The quantitative estimate of drug-likeness (QED) is 0.874. The molecule has 5 heteroatoms. The van der Waals surface area contributed by atoms with E-state index < -0.39 is 17.6 Å². The lowest BCUT2D eigenvalue weighted by molar-refractivity contribution is -0.141. The number of nitrogens with one attached hydrogen (secondary N) is 1. The van der Waals surface area contributed by atoms with Crippen LogP contribution in [0, 0.1) is 11.8 Å². The fraction of sp³-hybridized carbons (Fsp3) is 0.500. The van der Waals surface area contributed by atoms with E-state index in [1.807, 2.05) is 37.3 Å². The first kappa shape index (κ1) is 15.4. The topological polar surface area (TPSA) is 75.6 Å². The van der Waals surface area contributed by atoms with Crippen molar-refractivity contribution in [2.45, 2.75) is 38.8 Å². The molecule has 0 aliphatic heterocycles. The Morgan fingerprint density at radius 2 is 2.00 bits per heavy atom. The second kappa shape index (κ2) is 6.16. The Hall–Kier alpha value is -2.04. The fourth-order valence-corrected chi connectivity index (χ4v) is 3.00. The molecular weight excluding hydrogens is 270 g/mol. The first-order chi connectivity index (χ1) is 9.93. The van der Waals surface area contributed by atoms with Crippen LogP contribution in [0.2, 0.25) is 0 Å². The number of aliphatic carboxylic acids is 1. The zero-order valence-electron chi connectivity index (χ0n) is 12.3. The summed E-state index contributed by atoms with van der Waals surface area (Å²) in [6, 6.07) is 9.38. The van der Waals surface area contributed by atoms with Gasteiger partial charge in [0.25, 0.3) is 0 Å². The number of alkyl carbamates (subject to hydrolysis) is 1. The number of hydrogen-bond acceptors (Lipinski definition) is 3. The summed E-state index contributed by atoms with van der Waals surface area (Å²) in [6.45, 7) is 4.20. The van der Waals surface area contributed by atoms with Crippen LogP contribution < -0.4 is 5.32 Å². The van der Waals surface area contributed by atoms with E-state index >= 15 is 0 Å². The van der Waals surface area contributed by atoms with Crippen LogP contribution in [0.1, 0.15) is 32.3 Å². The maximum Gasteiger partial charge on any atom is 0.407 e. The molecule has 1 aromatic carbocycles. The Labute approximate surface area is 124 Å². The Morgan fingerprint density at radius 3 is 2.52 bits per heavy atom. The molecule has 2 N–H and O–H groups in total. The second-order valence-corrected chi connectivity index (χ2v) is 5.88. The van der Waals surface area contributed by atoms with Crippen molar-refractivity contribution in [2.75, 3.05) is 0 Å². The molecule has 0 bridgehead atoms. The third-order valence-electron chi connectivity index (χ3n) is 4.44. The minimum atomic E-state index is -0.905. The highest BCUT2D eigenvalue weighted by atomic mass is 16.5. The summed E-state index contributed by atoms with van der Waals surface area (Å²) in [6.07, 6.45) is 0.0405. The maximum atomic E-state index is 11.9. The van der Waals surface area contributed by atoms with Crippen molar-refractivity contribution in [3.05, 3.63) is 35.9 Å². The van der Waals surface area contributed by atoms with Crippen LogP contribution in [0.5, 0.6) is 0 Å². The van der Waals surface area contributed by atoms with E-state index in [0.29, 0.717) is 12.3 Å². The second-order valence-electron chi connectivity index (χ2n) is 5.88. The molecule has 114 valence electrons. The number of hydrogen-bond donors (Lipinski definition) is 2. The monoisotopic (exact) mass is 291 g/mol. The van der Waals surface area contributed by atoms with Gasteiger partial charge in [-0.3, -0.25) is 4.79 Å². The number of carboxylic acids is 1. The van der Waals surface area contributed by atoms with Crippen molar-refractivity contribution in [3.8, 4) is 0 Å². The molecule has 1 amide bonds. The summed E-state index contributed by atoms with van der Waals surface area (Å²) >= 11 is 0. The van der Waals surface area contributed by atoms with Crippen LogP contribution in [0.15, 0.2) is 30.3 Å². The number of carbonyl (C=O) groups is 2. The zero-order valence-corrected chi connectivity index (χ0v) is 12.3. The highest BCUT2D eigenvalue weighted by Crippen LogP contribution is 2.45. The molecule has 2 rings (SSSR count). The molecule has 21 heavy (non-hydrogen) atoms. The molecule has 0 saturated heterocycles. The van der Waals surface area contributed by atoms with Crippen LogP contribution in [0.3, 0.4) is 0 Å². The van der Waals surface area contributed by atoms with Gasteiger partial charge in [-0.1, -0.05) is 44.2 Å². The summed E-state index contributed by atoms with van der Waals surface area (Å²) in [4.78, 5) is 23.0. The van der Waals surface area contributed by atoms with Gasteiger partial charge in [-0.05, 0) is 23.8 Å². The first-order valence-corrected chi connectivity index (χ1v) is 7.13. The van der Waals surface area contributed by atoms with E-state index in [4.69, 9.17) is 9.84 Å². The molecule has 1 aromatic rings. The van der Waals surface area contributed by atoms with Gasteiger partial charge in [-0.2, -0.15) is 0 Å². The van der Waals surface area contributed by atoms with Crippen molar-refractivity contribution in [3.63, 3.8) is 0 Å². The van der Waals surface area contributed by atoms with E-state index in [1.165, 1.54) is 0 Å². The average Bonchev–Trinajstić information content (AvgIpc) is 2.45. The Kier molecular flexibility index (Phi) is 4.50. The SMILES string of the molecule is CC1CC(CC(=O)O)(NC(=O)OCc2ccccc2)C1C. The van der Waals surface area contributed by atoms with E-state index in [2.05, 4.69) is 12.2 Å². The van der Waals surface area contributed by atoms with Gasteiger partial charge in [0.2, 0.25) is 0 Å². The Bertz CT molecular complexity index is 516. The number of carboxylic acid groups (broad SMARTS) is 1. The first-order valence-electron chi connectivity index (χ1n) is 7.13. The summed E-state index contributed by atoms with van der Waals surface area (Å²) < 4.78 is 5.18. The van der Waals surface area contributed by atoms with Gasteiger partial charge in [0, 0.05) is 0 Å². The summed E-state index contributed by atoms with van der Waals surface area (Å²) in [5.74, 6) is -0.381. The van der Waals surface area contributed by atoms with Gasteiger partial charge in [0.15, 0.2) is 0 Å². The van der Waals surface area contributed by atoms with Crippen LogP contribution in [-0.2, 0) is 16.1 Å². The lowest BCUT2D eigenvalue weighted by Crippen LogP contribution is -2.63. The molecule has 0 radical (unpaired) electrons. The minimum Gasteiger partial charge on any atom is -0.481 e.